The van der Waals surface area contributed by atoms with Crippen LogP contribution in [0.4, 0.5) is 0 Å². The standard InChI is InChI=1S/C25H44N2O3/c1-4-7-10-17-27(18-11-16-26)25(28)15-13-22-12-14-23(29-19-8-5-2)24(21-22)30-20-9-6-3/h12,14,21H,4-11,13,15-20,26H2,1-3H3. The zero-order valence-corrected chi connectivity index (χ0v) is 19.6. The Hall–Kier alpha value is -1.75. The second-order valence-electron chi connectivity index (χ2n) is 7.92. The highest BCUT2D eigenvalue weighted by Crippen LogP contribution is 2.29. The van der Waals surface area contributed by atoms with Crippen molar-refractivity contribution in [2.24, 2.45) is 5.73 Å². The Kier molecular flexibility index (Phi) is 14.9. The fraction of sp³-hybridized carbons (Fsp3) is 0.720. The Bertz CT molecular complexity index is 578. The van der Waals surface area contributed by atoms with Crippen LogP contribution < -0.4 is 15.2 Å². The van der Waals surface area contributed by atoms with Crippen molar-refractivity contribution in [3.63, 3.8) is 0 Å². The fourth-order valence-electron chi connectivity index (χ4n) is 3.20. The van der Waals surface area contributed by atoms with Crippen LogP contribution >= 0.6 is 0 Å². The van der Waals surface area contributed by atoms with Gasteiger partial charge in [-0.3, -0.25) is 4.79 Å². The predicted octanol–water partition coefficient (Wildman–Crippen LogP) is 5.34. The van der Waals surface area contributed by atoms with Gasteiger partial charge in [-0.2, -0.15) is 0 Å². The molecule has 0 unspecified atom stereocenters. The number of rotatable bonds is 18. The summed E-state index contributed by atoms with van der Waals surface area (Å²) < 4.78 is 11.9. The number of aryl methyl sites for hydroxylation is 1. The quantitative estimate of drug-likeness (QED) is 0.325. The second kappa shape index (κ2) is 17.0. The van der Waals surface area contributed by atoms with Crippen LogP contribution in [-0.2, 0) is 11.2 Å². The van der Waals surface area contributed by atoms with E-state index in [1.165, 1.54) is 0 Å². The molecule has 0 radical (unpaired) electrons. The number of carbonyl (C=O) groups excluding carboxylic acids is 1. The van der Waals surface area contributed by atoms with Gasteiger partial charge in [0.15, 0.2) is 11.5 Å². The van der Waals surface area contributed by atoms with Crippen LogP contribution in [-0.4, -0.2) is 43.7 Å². The minimum atomic E-state index is 0.219. The first-order valence-corrected chi connectivity index (χ1v) is 12.0. The van der Waals surface area contributed by atoms with E-state index >= 15 is 0 Å². The molecule has 1 aromatic rings. The Labute approximate surface area is 184 Å². The maximum absolute atomic E-state index is 12.8. The van der Waals surface area contributed by atoms with Gasteiger partial charge in [0, 0.05) is 19.5 Å². The molecule has 30 heavy (non-hydrogen) atoms. The summed E-state index contributed by atoms with van der Waals surface area (Å²) in [6.45, 7) is 10.1. The number of hydrogen-bond donors (Lipinski definition) is 1. The molecule has 172 valence electrons. The molecule has 1 amide bonds. The van der Waals surface area contributed by atoms with E-state index in [-0.39, 0.29) is 5.91 Å². The predicted molar refractivity (Wildman–Crippen MR) is 125 cm³/mol. The number of hydrogen-bond acceptors (Lipinski definition) is 4. The molecule has 0 aliphatic heterocycles. The molecule has 0 saturated carbocycles. The van der Waals surface area contributed by atoms with Gasteiger partial charge in [0.2, 0.25) is 5.91 Å². The molecule has 0 aromatic heterocycles. The molecule has 0 bridgehead atoms. The Morgan fingerprint density at radius 3 is 2.13 bits per heavy atom. The fourth-order valence-corrected chi connectivity index (χ4v) is 3.20. The van der Waals surface area contributed by atoms with Crippen LogP contribution in [0.1, 0.15) is 84.1 Å². The average Bonchev–Trinajstić information content (AvgIpc) is 2.76. The van der Waals surface area contributed by atoms with Crippen LogP contribution in [0.5, 0.6) is 11.5 Å². The van der Waals surface area contributed by atoms with Crippen LogP contribution in [0.2, 0.25) is 0 Å². The number of amides is 1. The number of nitrogens with zero attached hydrogens (tertiary/aromatic N) is 1. The summed E-state index contributed by atoms with van der Waals surface area (Å²) in [7, 11) is 0. The van der Waals surface area contributed by atoms with Crippen molar-refractivity contribution in [3.05, 3.63) is 23.8 Å². The first-order valence-electron chi connectivity index (χ1n) is 12.0. The summed E-state index contributed by atoms with van der Waals surface area (Å²) in [5, 5.41) is 0. The molecular weight excluding hydrogens is 376 g/mol. The lowest BCUT2D eigenvalue weighted by atomic mass is 10.1. The Morgan fingerprint density at radius 1 is 0.867 bits per heavy atom. The molecule has 5 heteroatoms. The summed E-state index contributed by atoms with van der Waals surface area (Å²) in [5.74, 6) is 1.82. The third-order valence-electron chi connectivity index (χ3n) is 5.16. The van der Waals surface area contributed by atoms with Crippen molar-refractivity contribution < 1.29 is 14.3 Å². The number of carbonyl (C=O) groups is 1. The third-order valence-corrected chi connectivity index (χ3v) is 5.16. The normalized spacial score (nSPS) is 10.8. The highest BCUT2D eigenvalue weighted by Gasteiger charge is 2.14. The van der Waals surface area contributed by atoms with Gasteiger partial charge in [0.1, 0.15) is 0 Å². The molecule has 0 aliphatic rings. The van der Waals surface area contributed by atoms with E-state index in [2.05, 4.69) is 26.8 Å². The van der Waals surface area contributed by atoms with Crippen LogP contribution in [0.15, 0.2) is 18.2 Å². The zero-order chi connectivity index (χ0) is 22.0. The summed E-state index contributed by atoms with van der Waals surface area (Å²) in [5.41, 5.74) is 6.77. The molecule has 0 aliphatic carbocycles. The van der Waals surface area contributed by atoms with Crippen LogP contribution in [0, 0.1) is 0 Å². The lowest BCUT2D eigenvalue weighted by molar-refractivity contribution is -0.131. The molecule has 0 fully saturated rings. The summed E-state index contributed by atoms with van der Waals surface area (Å²) >= 11 is 0. The smallest absolute Gasteiger partial charge is 0.222 e. The summed E-state index contributed by atoms with van der Waals surface area (Å²) in [6.07, 6.45) is 9.71. The SMILES string of the molecule is CCCCCN(CCCN)C(=O)CCc1ccc(OCCCC)c(OCCCC)c1. The number of nitrogens with two attached hydrogens (primary N) is 1. The average molecular weight is 421 g/mol. The van der Waals surface area contributed by atoms with Gasteiger partial charge in [-0.25, -0.2) is 0 Å². The lowest BCUT2D eigenvalue weighted by Crippen LogP contribution is -2.34. The van der Waals surface area contributed by atoms with Gasteiger partial charge in [-0.1, -0.05) is 52.5 Å². The van der Waals surface area contributed by atoms with E-state index in [0.29, 0.717) is 32.6 Å². The molecule has 5 nitrogen and oxygen atoms in total. The van der Waals surface area contributed by atoms with Crippen molar-refractivity contribution >= 4 is 5.91 Å². The van der Waals surface area contributed by atoms with Crippen molar-refractivity contribution in [1.29, 1.82) is 0 Å². The Morgan fingerprint density at radius 2 is 1.50 bits per heavy atom. The third kappa shape index (κ3) is 10.9. The van der Waals surface area contributed by atoms with Gasteiger partial charge >= 0.3 is 0 Å². The lowest BCUT2D eigenvalue weighted by Gasteiger charge is -2.22. The van der Waals surface area contributed by atoms with Gasteiger partial charge in [0.25, 0.3) is 0 Å². The maximum atomic E-state index is 12.8. The molecule has 2 N–H and O–H groups in total. The first kappa shape index (κ1) is 26.3. The second-order valence-corrected chi connectivity index (χ2v) is 7.92. The van der Waals surface area contributed by atoms with Crippen LogP contribution in [0.25, 0.3) is 0 Å². The highest BCUT2D eigenvalue weighted by molar-refractivity contribution is 5.76. The zero-order valence-electron chi connectivity index (χ0n) is 19.6. The topological polar surface area (TPSA) is 64.8 Å². The molecule has 0 spiro atoms. The highest BCUT2D eigenvalue weighted by atomic mass is 16.5. The van der Waals surface area contributed by atoms with E-state index in [0.717, 1.165) is 81.5 Å². The minimum absolute atomic E-state index is 0.219. The van der Waals surface area contributed by atoms with E-state index in [9.17, 15) is 4.79 Å². The van der Waals surface area contributed by atoms with E-state index < -0.39 is 0 Å². The largest absolute Gasteiger partial charge is 0.490 e. The molecule has 1 rings (SSSR count). The van der Waals surface area contributed by atoms with Gasteiger partial charge in [-0.15, -0.1) is 0 Å². The van der Waals surface area contributed by atoms with Crippen molar-refractivity contribution in [3.8, 4) is 11.5 Å². The maximum Gasteiger partial charge on any atom is 0.222 e. The number of benzene rings is 1. The van der Waals surface area contributed by atoms with E-state index in [4.69, 9.17) is 15.2 Å². The van der Waals surface area contributed by atoms with Gasteiger partial charge in [-0.05, 0) is 56.3 Å². The Balaban J connectivity index is 2.71. The molecule has 0 saturated heterocycles. The van der Waals surface area contributed by atoms with Gasteiger partial charge < -0.3 is 20.1 Å². The molecule has 1 aromatic carbocycles. The van der Waals surface area contributed by atoms with Crippen LogP contribution in [0.3, 0.4) is 0 Å². The first-order chi connectivity index (χ1) is 14.7. The van der Waals surface area contributed by atoms with Crippen molar-refractivity contribution in [1.82, 2.24) is 4.90 Å². The molecular formula is C25H44N2O3. The van der Waals surface area contributed by atoms with E-state index in [1.807, 2.05) is 17.0 Å². The molecule has 0 atom stereocenters. The van der Waals surface area contributed by atoms with E-state index in [1.54, 1.807) is 0 Å². The van der Waals surface area contributed by atoms with Crippen molar-refractivity contribution in [2.75, 3.05) is 32.8 Å². The summed E-state index contributed by atoms with van der Waals surface area (Å²) in [6, 6.07) is 6.10. The van der Waals surface area contributed by atoms with Crippen molar-refractivity contribution in [2.45, 2.75) is 85.0 Å². The van der Waals surface area contributed by atoms with Gasteiger partial charge in [0.05, 0.1) is 13.2 Å². The minimum Gasteiger partial charge on any atom is -0.490 e. The summed E-state index contributed by atoms with van der Waals surface area (Å²) in [4.78, 5) is 14.8. The number of unbranched alkanes of at least 4 members (excludes halogenated alkanes) is 4. The molecule has 0 heterocycles. The monoisotopic (exact) mass is 420 g/mol. The number of ether oxygens (including phenoxy) is 2.